The average Bonchev–Trinajstić information content (AvgIpc) is 2.33. The Balaban J connectivity index is 2.27. The van der Waals surface area contributed by atoms with Crippen molar-refractivity contribution in [1.29, 1.82) is 0 Å². The summed E-state index contributed by atoms with van der Waals surface area (Å²) in [5.41, 5.74) is 1.31. The lowest BCUT2D eigenvalue weighted by molar-refractivity contribution is 0.306. The summed E-state index contributed by atoms with van der Waals surface area (Å²) in [6, 6.07) is 8.35. The van der Waals surface area contributed by atoms with E-state index in [0.717, 1.165) is 31.9 Å². The summed E-state index contributed by atoms with van der Waals surface area (Å²) in [5, 5.41) is 3.30. The van der Waals surface area contributed by atoms with E-state index in [0.29, 0.717) is 0 Å². The van der Waals surface area contributed by atoms with Crippen molar-refractivity contribution in [3.63, 3.8) is 0 Å². The standard InChI is InChI=1S/C14H23NO/c1-3-5-6-11-16-14-9-7-13(8-10-14)12-15-4-2/h7-10,15H,3-6,11-12H2,1-2H3. The molecule has 1 aromatic carbocycles. The zero-order valence-corrected chi connectivity index (χ0v) is 10.5. The molecule has 0 spiro atoms. The molecule has 16 heavy (non-hydrogen) atoms. The summed E-state index contributed by atoms with van der Waals surface area (Å²) in [6.07, 6.45) is 3.64. The molecule has 0 saturated carbocycles. The summed E-state index contributed by atoms with van der Waals surface area (Å²) in [4.78, 5) is 0. The van der Waals surface area contributed by atoms with Crippen LogP contribution in [0.4, 0.5) is 0 Å². The summed E-state index contributed by atoms with van der Waals surface area (Å²) in [5.74, 6) is 0.983. The van der Waals surface area contributed by atoms with Crippen LogP contribution in [0, 0.1) is 0 Å². The first-order chi connectivity index (χ1) is 7.86. The fraction of sp³-hybridized carbons (Fsp3) is 0.571. The number of benzene rings is 1. The molecular weight excluding hydrogens is 198 g/mol. The topological polar surface area (TPSA) is 21.3 Å². The van der Waals surface area contributed by atoms with E-state index >= 15 is 0 Å². The summed E-state index contributed by atoms with van der Waals surface area (Å²) in [7, 11) is 0. The maximum Gasteiger partial charge on any atom is 0.119 e. The Morgan fingerprint density at radius 2 is 1.81 bits per heavy atom. The first-order valence-corrected chi connectivity index (χ1v) is 6.29. The third-order valence-electron chi connectivity index (χ3n) is 2.52. The van der Waals surface area contributed by atoms with Gasteiger partial charge in [-0.05, 0) is 30.7 Å². The van der Waals surface area contributed by atoms with Gasteiger partial charge in [0.1, 0.15) is 5.75 Å². The Morgan fingerprint density at radius 3 is 2.44 bits per heavy atom. The molecule has 0 radical (unpaired) electrons. The molecule has 0 amide bonds. The van der Waals surface area contributed by atoms with E-state index in [2.05, 4.69) is 43.4 Å². The minimum atomic E-state index is 0.834. The van der Waals surface area contributed by atoms with Crippen LogP contribution in [0.3, 0.4) is 0 Å². The quantitative estimate of drug-likeness (QED) is 0.680. The van der Waals surface area contributed by atoms with Crippen molar-refractivity contribution in [2.24, 2.45) is 0 Å². The molecule has 0 heterocycles. The molecular formula is C14H23NO. The average molecular weight is 221 g/mol. The lowest BCUT2D eigenvalue weighted by atomic mass is 10.2. The summed E-state index contributed by atoms with van der Waals surface area (Å²) in [6.45, 7) is 7.10. The van der Waals surface area contributed by atoms with Gasteiger partial charge in [-0.2, -0.15) is 0 Å². The molecule has 0 aliphatic heterocycles. The van der Waals surface area contributed by atoms with Crippen LogP contribution >= 0.6 is 0 Å². The van der Waals surface area contributed by atoms with Crippen molar-refractivity contribution in [1.82, 2.24) is 5.32 Å². The third kappa shape index (κ3) is 5.17. The SMILES string of the molecule is CCCCCOc1ccc(CNCC)cc1. The van der Waals surface area contributed by atoms with Crippen LogP contribution < -0.4 is 10.1 Å². The van der Waals surface area contributed by atoms with Crippen molar-refractivity contribution in [2.75, 3.05) is 13.2 Å². The van der Waals surface area contributed by atoms with Crippen molar-refractivity contribution in [3.8, 4) is 5.75 Å². The van der Waals surface area contributed by atoms with Gasteiger partial charge in [0.25, 0.3) is 0 Å². The molecule has 0 unspecified atom stereocenters. The molecule has 0 aliphatic carbocycles. The smallest absolute Gasteiger partial charge is 0.119 e. The number of rotatable bonds is 8. The van der Waals surface area contributed by atoms with Crippen LogP contribution in [0.2, 0.25) is 0 Å². The fourth-order valence-electron chi connectivity index (χ4n) is 1.51. The number of hydrogen-bond acceptors (Lipinski definition) is 2. The second-order valence-corrected chi connectivity index (χ2v) is 3.98. The van der Waals surface area contributed by atoms with Gasteiger partial charge in [0, 0.05) is 6.54 Å². The molecule has 0 fully saturated rings. The Hall–Kier alpha value is -1.02. The van der Waals surface area contributed by atoms with E-state index in [4.69, 9.17) is 4.74 Å². The summed E-state index contributed by atoms with van der Waals surface area (Å²) < 4.78 is 5.65. The van der Waals surface area contributed by atoms with Crippen molar-refractivity contribution in [3.05, 3.63) is 29.8 Å². The van der Waals surface area contributed by atoms with E-state index in [9.17, 15) is 0 Å². The molecule has 1 N–H and O–H groups in total. The Labute approximate surface area is 99.0 Å². The van der Waals surface area contributed by atoms with Gasteiger partial charge in [-0.25, -0.2) is 0 Å². The minimum absolute atomic E-state index is 0.834. The zero-order chi connectivity index (χ0) is 11.6. The highest BCUT2D eigenvalue weighted by atomic mass is 16.5. The Bertz CT molecular complexity index is 269. The normalized spacial score (nSPS) is 10.4. The van der Waals surface area contributed by atoms with E-state index < -0.39 is 0 Å². The van der Waals surface area contributed by atoms with Gasteiger partial charge in [0.2, 0.25) is 0 Å². The monoisotopic (exact) mass is 221 g/mol. The molecule has 0 atom stereocenters. The van der Waals surface area contributed by atoms with E-state index in [1.165, 1.54) is 18.4 Å². The van der Waals surface area contributed by atoms with Crippen LogP contribution in [0.5, 0.6) is 5.75 Å². The van der Waals surface area contributed by atoms with Crippen molar-refractivity contribution in [2.45, 2.75) is 39.7 Å². The molecule has 0 bridgehead atoms. The lowest BCUT2D eigenvalue weighted by Gasteiger charge is -2.07. The van der Waals surface area contributed by atoms with Gasteiger partial charge in [-0.1, -0.05) is 38.8 Å². The number of hydrogen-bond donors (Lipinski definition) is 1. The van der Waals surface area contributed by atoms with Gasteiger partial charge >= 0.3 is 0 Å². The summed E-state index contributed by atoms with van der Waals surface area (Å²) >= 11 is 0. The molecule has 90 valence electrons. The first kappa shape index (κ1) is 13.0. The minimum Gasteiger partial charge on any atom is -0.494 e. The predicted octanol–water partition coefficient (Wildman–Crippen LogP) is 3.37. The van der Waals surface area contributed by atoms with Gasteiger partial charge in [-0.15, -0.1) is 0 Å². The fourth-order valence-corrected chi connectivity index (χ4v) is 1.51. The Kier molecular flexibility index (Phi) is 6.66. The highest BCUT2D eigenvalue weighted by Gasteiger charge is 1.95. The van der Waals surface area contributed by atoms with Crippen LogP contribution in [0.15, 0.2) is 24.3 Å². The van der Waals surface area contributed by atoms with Crippen molar-refractivity contribution < 1.29 is 4.74 Å². The number of nitrogens with one attached hydrogen (secondary N) is 1. The zero-order valence-electron chi connectivity index (χ0n) is 10.5. The van der Waals surface area contributed by atoms with Crippen LogP contribution in [-0.4, -0.2) is 13.2 Å². The molecule has 1 aromatic rings. The van der Waals surface area contributed by atoms with E-state index in [-0.39, 0.29) is 0 Å². The maximum absolute atomic E-state index is 5.65. The molecule has 0 aliphatic rings. The van der Waals surface area contributed by atoms with Gasteiger partial charge in [0.05, 0.1) is 6.61 Å². The number of ether oxygens (including phenoxy) is 1. The molecule has 2 nitrogen and oxygen atoms in total. The molecule has 2 heteroatoms. The molecule has 1 rings (SSSR count). The first-order valence-electron chi connectivity index (χ1n) is 6.29. The Morgan fingerprint density at radius 1 is 1.06 bits per heavy atom. The van der Waals surface area contributed by atoms with Crippen LogP contribution in [0.25, 0.3) is 0 Å². The van der Waals surface area contributed by atoms with Crippen LogP contribution in [0.1, 0.15) is 38.7 Å². The second-order valence-electron chi connectivity index (χ2n) is 3.98. The molecule has 0 aromatic heterocycles. The van der Waals surface area contributed by atoms with E-state index in [1.807, 2.05) is 0 Å². The molecule has 0 saturated heterocycles. The van der Waals surface area contributed by atoms with Gasteiger partial charge < -0.3 is 10.1 Å². The number of unbranched alkanes of at least 4 members (excludes halogenated alkanes) is 2. The predicted molar refractivity (Wildman–Crippen MR) is 68.8 cm³/mol. The van der Waals surface area contributed by atoms with Crippen molar-refractivity contribution >= 4 is 0 Å². The van der Waals surface area contributed by atoms with E-state index in [1.54, 1.807) is 0 Å². The van der Waals surface area contributed by atoms with Crippen LogP contribution in [-0.2, 0) is 6.54 Å². The largest absolute Gasteiger partial charge is 0.494 e. The van der Waals surface area contributed by atoms with Gasteiger partial charge in [-0.3, -0.25) is 0 Å². The van der Waals surface area contributed by atoms with Gasteiger partial charge in [0.15, 0.2) is 0 Å². The highest BCUT2D eigenvalue weighted by molar-refractivity contribution is 5.27. The third-order valence-corrected chi connectivity index (χ3v) is 2.52. The second kappa shape index (κ2) is 8.17. The highest BCUT2D eigenvalue weighted by Crippen LogP contribution is 2.12. The maximum atomic E-state index is 5.65. The lowest BCUT2D eigenvalue weighted by Crippen LogP contribution is -2.11.